The van der Waals surface area contributed by atoms with Gasteiger partial charge in [0.25, 0.3) is 0 Å². The molecule has 0 radical (unpaired) electrons. The molecule has 2 rings (SSSR count). The smallest absolute Gasteiger partial charge is 0.225 e. The Morgan fingerprint density at radius 3 is 2.68 bits per heavy atom. The van der Waals surface area contributed by atoms with E-state index < -0.39 is 0 Å². The molecule has 0 spiro atoms. The molecule has 1 amide bonds. The van der Waals surface area contributed by atoms with Gasteiger partial charge in [-0.3, -0.25) is 4.79 Å². The van der Waals surface area contributed by atoms with Crippen LogP contribution >= 0.6 is 28.3 Å². The number of halogens is 2. The average molecular weight is 388 g/mol. The van der Waals surface area contributed by atoms with Crippen molar-refractivity contribution < 1.29 is 4.79 Å². The fourth-order valence-electron chi connectivity index (χ4n) is 1.96. The Morgan fingerprint density at radius 1 is 1.27 bits per heavy atom. The summed E-state index contributed by atoms with van der Waals surface area (Å²) in [5.74, 6) is 0.746. The highest BCUT2D eigenvalue weighted by Crippen LogP contribution is 2.14. The molecule has 1 heterocycles. The summed E-state index contributed by atoms with van der Waals surface area (Å²) < 4.78 is 2.84. The number of aromatic nitrogens is 2. The van der Waals surface area contributed by atoms with Crippen LogP contribution in [0, 0.1) is 0 Å². The lowest BCUT2D eigenvalue weighted by molar-refractivity contribution is -0.116. The molecule has 22 heavy (non-hydrogen) atoms. The Kier molecular flexibility index (Phi) is 8.16. The number of anilines is 1. The summed E-state index contributed by atoms with van der Waals surface area (Å²) in [6.45, 7) is 1.47. The highest BCUT2D eigenvalue weighted by molar-refractivity contribution is 9.10. The highest BCUT2D eigenvalue weighted by Gasteiger charge is 2.07. The van der Waals surface area contributed by atoms with Crippen LogP contribution in [0.1, 0.15) is 18.4 Å². The second-order valence-corrected chi connectivity index (χ2v) is 5.67. The van der Waals surface area contributed by atoms with Crippen LogP contribution in [0.3, 0.4) is 0 Å². The number of rotatable bonds is 7. The van der Waals surface area contributed by atoms with E-state index in [-0.39, 0.29) is 18.3 Å². The monoisotopic (exact) mass is 386 g/mol. The quantitative estimate of drug-likeness (QED) is 0.718. The zero-order valence-corrected chi connectivity index (χ0v) is 14.8. The van der Waals surface area contributed by atoms with Crippen molar-refractivity contribution in [1.29, 1.82) is 0 Å². The minimum absolute atomic E-state index is 0. The van der Waals surface area contributed by atoms with E-state index in [2.05, 4.69) is 31.7 Å². The molecule has 2 N–H and O–H groups in total. The topological polar surface area (TPSA) is 59.0 Å². The van der Waals surface area contributed by atoms with Gasteiger partial charge in [-0.1, -0.05) is 28.1 Å². The number of carbonyl (C=O) groups is 1. The van der Waals surface area contributed by atoms with Gasteiger partial charge in [-0.05, 0) is 37.7 Å². The van der Waals surface area contributed by atoms with Crippen molar-refractivity contribution in [3.8, 4) is 0 Å². The van der Waals surface area contributed by atoms with Crippen LogP contribution in [0.15, 0.2) is 41.0 Å². The standard InChI is InChI=1S/C15H19BrN4O.ClH/c1-17-9-2-3-15(21)19-14-8-10-18-20(14)11-12-4-6-13(16)7-5-12;/h4-8,10,17H,2-3,9,11H2,1H3,(H,19,21);1H. The molecule has 5 nitrogen and oxygen atoms in total. The summed E-state index contributed by atoms with van der Waals surface area (Å²) in [4.78, 5) is 11.8. The number of nitrogens with zero attached hydrogens (tertiary/aromatic N) is 2. The maximum absolute atomic E-state index is 11.8. The molecule has 0 saturated carbocycles. The van der Waals surface area contributed by atoms with Crippen LogP contribution in [-0.2, 0) is 11.3 Å². The first kappa shape index (κ1) is 18.7. The Bertz CT molecular complexity index is 585. The SMILES string of the molecule is CNCCCC(=O)Nc1ccnn1Cc1ccc(Br)cc1.Cl. The summed E-state index contributed by atoms with van der Waals surface area (Å²) in [5, 5.41) is 10.2. The highest BCUT2D eigenvalue weighted by atomic mass is 79.9. The molecular weight excluding hydrogens is 368 g/mol. The molecular formula is C15H20BrClN4O. The Balaban J connectivity index is 0.00000242. The van der Waals surface area contributed by atoms with E-state index in [0.717, 1.165) is 28.8 Å². The summed E-state index contributed by atoms with van der Waals surface area (Å²) in [7, 11) is 1.88. The van der Waals surface area contributed by atoms with E-state index in [0.29, 0.717) is 13.0 Å². The summed E-state index contributed by atoms with van der Waals surface area (Å²) in [6, 6.07) is 9.87. The van der Waals surface area contributed by atoms with Gasteiger partial charge in [0, 0.05) is 17.0 Å². The molecule has 2 aromatic rings. The van der Waals surface area contributed by atoms with Gasteiger partial charge in [-0.2, -0.15) is 5.10 Å². The molecule has 1 aromatic carbocycles. The van der Waals surface area contributed by atoms with Crippen molar-refractivity contribution in [1.82, 2.24) is 15.1 Å². The third kappa shape index (κ3) is 5.79. The van der Waals surface area contributed by atoms with Crippen molar-refractivity contribution in [3.05, 3.63) is 46.6 Å². The predicted octanol–water partition coefficient (Wildman–Crippen LogP) is 3.05. The second-order valence-electron chi connectivity index (χ2n) is 4.76. The maximum Gasteiger partial charge on any atom is 0.225 e. The van der Waals surface area contributed by atoms with Gasteiger partial charge in [0.2, 0.25) is 5.91 Å². The van der Waals surface area contributed by atoms with Gasteiger partial charge < -0.3 is 10.6 Å². The molecule has 0 saturated heterocycles. The van der Waals surface area contributed by atoms with Crippen molar-refractivity contribution in [3.63, 3.8) is 0 Å². The van der Waals surface area contributed by atoms with E-state index in [1.54, 1.807) is 10.9 Å². The second kappa shape index (κ2) is 9.61. The summed E-state index contributed by atoms with van der Waals surface area (Å²) in [5.41, 5.74) is 1.13. The lowest BCUT2D eigenvalue weighted by Crippen LogP contribution is -2.17. The summed E-state index contributed by atoms with van der Waals surface area (Å²) >= 11 is 3.42. The number of hydrogen-bond acceptors (Lipinski definition) is 3. The van der Waals surface area contributed by atoms with Gasteiger partial charge >= 0.3 is 0 Å². The van der Waals surface area contributed by atoms with Crippen molar-refractivity contribution in [2.24, 2.45) is 0 Å². The minimum Gasteiger partial charge on any atom is -0.320 e. The molecule has 0 unspecified atom stereocenters. The van der Waals surface area contributed by atoms with Crippen LogP contribution < -0.4 is 10.6 Å². The molecule has 1 aromatic heterocycles. The van der Waals surface area contributed by atoms with Gasteiger partial charge in [0.05, 0.1) is 12.7 Å². The fourth-order valence-corrected chi connectivity index (χ4v) is 2.22. The molecule has 0 aliphatic heterocycles. The van der Waals surface area contributed by atoms with Crippen LogP contribution in [0.5, 0.6) is 0 Å². The van der Waals surface area contributed by atoms with Gasteiger partial charge in [0.15, 0.2) is 0 Å². The third-order valence-electron chi connectivity index (χ3n) is 3.06. The summed E-state index contributed by atoms with van der Waals surface area (Å²) in [6.07, 6.45) is 3.02. The first-order chi connectivity index (χ1) is 10.2. The molecule has 0 bridgehead atoms. The lowest BCUT2D eigenvalue weighted by Gasteiger charge is -2.09. The molecule has 0 fully saturated rings. The lowest BCUT2D eigenvalue weighted by atomic mass is 10.2. The number of nitrogens with one attached hydrogen (secondary N) is 2. The third-order valence-corrected chi connectivity index (χ3v) is 3.59. The number of benzene rings is 1. The molecule has 120 valence electrons. The first-order valence-corrected chi connectivity index (χ1v) is 7.69. The van der Waals surface area contributed by atoms with Crippen LogP contribution in [0.2, 0.25) is 0 Å². The fraction of sp³-hybridized carbons (Fsp3) is 0.333. The first-order valence-electron chi connectivity index (χ1n) is 6.90. The zero-order valence-electron chi connectivity index (χ0n) is 12.4. The van der Waals surface area contributed by atoms with E-state index >= 15 is 0 Å². The van der Waals surface area contributed by atoms with Crippen molar-refractivity contribution in [2.75, 3.05) is 18.9 Å². The Morgan fingerprint density at radius 2 is 2.00 bits per heavy atom. The Labute approximate surface area is 145 Å². The largest absolute Gasteiger partial charge is 0.320 e. The minimum atomic E-state index is 0. The zero-order chi connectivity index (χ0) is 15.1. The van der Waals surface area contributed by atoms with Crippen molar-refractivity contribution >= 4 is 40.1 Å². The molecule has 0 atom stereocenters. The van der Waals surface area contributed by atoms with Gasteiger partial charge in [-0.25, -0.2) is 4.68 Å². The van der Waals surface area contributed by atoms with Crippen molar-refractivity contribution in [2.45, 2.75) is 19.4 Å². The van der Waals surface area contributed by atoms with Crippen LogP contribution in [-0.4, -0.2) is 29.3 Å². The predicted molar refractivity (Wildman–Crippen MR) is 94.5 cm³/mol. The van der Waals surface area contributed by atoms with Gasteiger partial charge in [0.1, 0.15) is 5.82 Å². The Hall–Kier alpha value is -1.37. The van der Waals surface area contributed by atoms with Crippen LogP contribution in [0.4, 0.5) is 5.82 Å². The number of hydrogen-bond donors (Lipinski definition) is 2. The molecule has 0 aliphatic rings. The normalized spacial score (nSPS) is 10.1. The van der Waals surface area contributed by atoms with E-state index in [9.17, 15) is 4.79 Å². The van der Waals surface area contributed by atoms with Gasteiger partial charge in [-0.15, -0.1) is 12.4 Å². The number of carbonyl (C=O) groups excluding carboxylic acids is 1. The number of amides is 1. The average Bonchev–Trinajstić information content (AvgIpc) is 2.89. The molecule has 0 aliphatic carbocycles. The van der Waals surface area contributed by atoms with Crippen LogP contribution in [0.25, 0.3) is 0 Å². The van der Waals surface area contributed by atoms with E-state index in [4.69, 9.17) is 0 Å². The molecule has 7 heteroatoms. The maximum atomic E-state index is 11.8. The van der Waals surface area contributed by atoms with E-state index in [1.807, 2.05) is 37.4 Å². The van der Waals surface area contributed by atoms with E-state index in [1.165, 1.54) is 0 Å².